The number of fused-ring (bicyclic) bond motifs is 5. The third-order valence-corrected chi connectivity index (χ3v) is 11.4. The number of anilines is 3. The largest absolute Gasteiger partial charge is 0.310 e. The van der Waals surface area contributed by atoms with E-state index in [0.717, 1.165) is 17.1 Å². The van der Waals surface area contributed by atoms with Crippen LogP contribution in [0.1, 0.15) is 0 Å². The summed E-state index contributed by atoms with van der Waals surface area (Å²) in [5.74, 6) is 0. The van der Waals surface area contributed by atoms with Gasteiger partial charge in [0.1, 0.15) is 0 Å². The Morgan fingerprint density at radius 3 is 1.71 bits per heavy atom. The molecule has 2 heteroatoms. The van der Waals surface area contributed by atoms with Gasteiger partial charge in [-0.3, -0.25) is 0 Å². The van der Waals surface area contributed by atoms with Crippen LogP contribution in [0.5, 0.6) is 0 Å². The second-order valence-electron chi connectivity index (χ2n) is 13.3. The Hall–Kier alpha value is -6.48. The molecular formula is C50H33NS. The van der Waals surface area contributed by atoms with Crippen molar-refractivity contribution in [1.82, 2.24) is 0 Å². The number of nitrogens with zero attached hydrogens (tertiary/aromatic N) is 1. The van der Waals surface area contributed by atoms with Gasteiger partial charge in [-0.25, -0.2) is 0 Å². The topological polar surface area (TPSA) is 3.24 Å². The summed E-state index contributed by atoms with van der Waals surface area (Å²) in [5.41, 5.74) is 10.6. The number of thiophene rings is 1. The first-order valence-corrected chi connectivity index (χ1v) is 18.6. The molecule has 0 aliphatic rings. The first-order chi connectivity index (χ1) is 25.8. The first-order valence-electron chi connectivity index (χ1n) is 17.8. The standard InChI is InChI=1S/C50H33NS/c1-2-11-34(12-3-1)35-23-27-41(28-24-35)51(48-19-8-6-16-45(48)44-18-10-14-37-13-4-5-15-43(37)44)42-29-25-36(26-30-42)38-21-22-39-33-50-47(32-40(39)31-38)46-17-7-9-20-49(46)52-50/h1-33H. The fourth-order valence-corrected chi connectivity index (χ4v) is 8.80. The molecule has 0 fully saturated rings. The molecule has 52 heavy (non-hydrogen) atoms. The Morgan fingerprint density at radius 1 is 0.308 bits per heavy atom. The molecule has 9 aromatic carbocycles. The van der Waals surface area contributed by atoms with Crippen molar-refractivity contribution >= 4 is 70.1 Å². The zero-order chi connectivity index (χ0) is 34.4. The molecule has 0 aliphatic heterocycles. The number of rotatable bonds is 6. The molecule has 0 amide bonds. The smallest absolute Gasteiger partial charge is 0.0540 e. The molecule has 1 nitrogen and oxygen atoms in total. The first kappa shape index (κ1) is 30.4. The Bertz CT molecular complexity index is 2880. The number of benzene rings is 9. The van der Waals surface area contributed by atoms with Gasteiger partial charge in [-0.15, -0.1) is 11.3 Å². The fourth-order valence-electron chi connectivity index (χ4n) is 7.67. The summed E-state index contributed by atoms with van der Waals surface area (Å²) in [6.07, 6.45) is 0. The van der Waals surface area contributed by atoms with E-state index in [9.17, 15) is 0 Å². The second kappa shape index (κ2) is 12.7. The van der Waals surface area contributed by atoms with Gasteiger partial charge in [0.15, 0.2) is 0 Å². The van der Waals surface area contributed by atoms with E-state index in [1.807, 2.05) is 11.3 Å². The maximum Gasteiger partial charge on any atom is 0.0540 e. The fraction of sp³-hybridized carbons (Fsp3) is 0. The Balaban J connectivity index is 1.09. The van der Waals surface area contributed by atoms with Crippen LogP contribution in [0.15, 0.2) is 200 Å². The third kappa shape index (κ3) is 5.33. The van der Waals surface area contributed by atoms with Gasteiger partial charge in [-0.05, 0) is 104 Å². The van der Waals surface area contributed by atoms with E-state index >= 15 is 0 Å². The van der Waals surface area contributed by atoms with E-state index in [2.05, 4.69) is 205 Å². The van der Waals surface area contributed by atoms with E-state index in [4.69, 9.17) is 0 Å². The SMILES string of the molecule is c1ccc(-c2ccc(N(c3ccc(-c4ccc5cc6sc7ccccc7c6cc5c4)cc3)c3ccccc3-c3cccc4ccccc34)cc2)cc1. The van der Waals surface area contributed by atoms with Crippen LogP contribution in [0.2, 0.25) is 0 Å². The van der Waals surface area contributed by atoms with Gasteiger partial charge in [0.05, 0.1) is 5.69 Å². The third-order valence-electron chi connectivity index (χ3n) is 10.3. The average molecular weight is 680 g/mol. The van der Waals surface area contributed by atoms with Crippen molar-refractivity contribution < 1.29 is 0 Å². The van der Waals surface area contributed by atoms with Crippen molar-refractivity contribution in [2.75, 3.05) is 4.90 Å². The van der Waals surface area contributed by atoms with Gasteiger partial charge >= 0.3 is 0 Å². The summed E-state index contributed by atoms with van der Waals surface area (Å²) in [4.78, 5) is 2.40. The molecule has 1 heterocycles. The minimum Gasteiger partial charge on any atom is -0.310 e. The van der Waals surface area contributed by atoms with Crippen molar-refractivity contribution in [3.63, 3.8) is 0 Å². The van der Waals surface area contributed by atoms with Gasteiger partial charge in [-0.2, -0.15) is 0 Å². The maximum absolute atomic E-state index is 2.40. The zero-order valence-corrected chi connectivity index (χ0v) is 29.2. The summed E-state index contributed by atoms with van der Waals surface area (Å²) in [7, 11) is 0. The highest BCUT2D eigenvalue weighted by Gasteiger charge is 2.19. The molecule has 0 atom stereocenters. The number of hydrogen-bond acceptors (Lipinski definition) is 2. The Labute approximate surface area is 307 Å². The molecule has 10 aromatic rings. The molecule has 0 bridgehead atoms. The predicted octanol–water partition coefficient (Wildman–Crippen LogP) is 14.8. The van der Waals surface area contributed by atoms with Crippen molar-refractivity contribution in [2.45, 2.75) is 0 Å². The van der Waals surface area contributed by atoms with Gasteiger partial charge in [-0.1, -0.05) is 146 Å². The van der Waals surface area contributed by atoms with Crippen molar-refractivity contribution in [3.8, 4) is 33.4 Å². The predicted molar refractivity (Wildman–Crippen MR) is 225 cm³/mol. The van der Waals surface area contributed by atoms with Crippen molar-refractivity contribution in [1.29, 1.82) is 0 Å². The monoisotopic (exact) mass is 679 g/mol. The molecule has 0 radical (unpaired) electrons. The van der Waals surface area contributed by atoms with Crippen LogP contribution in [-0.4, -0.2) is 0 Å². The normalized spacial score (nSPS) is 11.5. The molecule has 0 aliphatic carbocycles. The molecule has 0 saturated heterocycles. The molecule has 0 saturated carbocycles. The molecule has 0 unspecified atom stereocenters. The van der Waals surface area contributed by atoms with Crippen LogP contribution < -0.4 is 4.90 Å². The molecular weight excluding hydrogens is 647 g/mol. The van der Waals surface area contributed by atoms with Gasteiger partial charge in [0.2, 0.25) is 0 Å². The summed E-state index contributed by atoms with van der Waals surface area (Å²) in [6, 6.07) is 72.9. The van der Waals surface area contributed by atoms with Crippen molar-refractivity contribution in [3.05, 3.63) is 200 Å². The summed E-state index contributed by atoms with van der Waals surface area (Å²) < 4.78 is 2.68. The minimum absolute atomic E-state index is 1.11. The highest BCUT2D eigenvalue weighted by molar-refractivity contribution is 7.25. The molecule has 0 N–H and O–H groups in total. The summed E-state index contributed by atoms with van der Waals surface area (Å²) in [6.45, 7) is 0. The number of para-hydroxylation sites is 1. The highest BCUT2D eigenvalue weighted by Crippen LogP contribution is 2.44. The number of hydrogen-bond donors (Lipinski definition) is 0. The average Bonchev–Trinajstić information content (AvgIpc) is 3.58. The van der Waals surface area contributed by atoms with Gasteiger partial charge < -0.3 is 4.90 Å². The Morgan fingerprint density at radius 2 is 0.904 bits per heavy atom. The summed E-state index contributed by atoms with van der Waals surface area (Å²) in [5, 5.41) is 7.69. The van der Waals surface area contributed by atoms with Crippen LogP contribution in [0.4, 0.5) is 17.1 Å². The van der Waals surface area contributed by atoms with E-state index in [1.54, 1.807) is 0 Å². The lowest BCUT2D eigenvalue weighted by molar-refractivity contribution is 1.28. The second-order valence-corrected chi connectivity index (χ2v) is 14.4. The van der Waals surface area contributed by atoms with Crippen LogP contribution in [0.3, 0.4) is 0 Å². The van der Waals surface area contributed by atoms with Crippen LogP contribution in [0, 0.1) is 0 Å². The van der Waals surface area contributed by atoms with Gasteiger partial charge in [0, 0.05) is 37.1 Å². The molecule has 0 spiro atoms. The lowest BCUT2D eigenvalue weighted by Crippen LogP contribution is -2.11. The molecule has 1 aromatic heterocycles. The quantitative estimate of drug-likeness (QED) is 0.169. The van der Waals surface area contributed by atoms with Crippen LogP contribution in [0.25, 0.3) is 75.1 Å². The van der Waals surface area contributed by atoms with Crippen LogP contribution >= 0.6 is 11.3 Å². The van der Waals surface area contributed by atoms with E-state index in [-0.39, 0.29) is 0 Å². The molecule has 10 rings (SSSR count). The van der Waals surface area contributed by atoms with E-state index in [1.165, 1.54) is 75.1 Å². The summed E-state index contributed by atoms with van der Waals surface area (Å²) >= 11 is 1.87. The lowest BCUT2D eigenvalue weighted by Gasteiger charge is -2.28. The van der Waals surface area contributed by atoms with Gasteiger partial charge in [0.25, 0.3) is 0 Å². The Kier molecular flexibility index (Phi) is 7.41. The van der Waals surface area contributed by atoms with E-state index < -0.39 is 0 Å². The van der Waals surface area contributed by atoms with E-state index in [0.29, 0.717) is 0 Å². The van der Waals surface area contributed by atoms with Crippen LogP contribution in [-0.2, 0) is 0 Å². The molecule has 244 valence electrons. The van der Waals surface area contributed by atoms with Crippen molar-refractivity contribution in [2.24, 2.45) is 0 Å². The maximum atomic E-state index is 2.40. The highest BCUT2D eigenvalue weighted by atomic mass is 32.1. The lowest BCUT2D eigenvalue weighted by atomic mass is 9.95. The minimum atomic E-state index is 1.11. The zero-order valence-electron chi connectivity index (χ0n) is 28.4.